The molecule has 71 valence electrons. The maximum Gasteiger partial charge on any atom is 0.446 e. The number of hydrogen-bond acceptors (Lipinski definition) is 1. The summed E-state index contributed by atoms with van der Waals surface area (Å²) >= 11 is 5.35. The first-order valence-electron chi connectivity index (χ1n) is 3.32. The lowest BCUT2D eigenvalue weighted by Crippen LogP contribution is -2.00. The van der Waals surface area contributed by atoms with Gasteiger partial charge in [0.15, 0.2) is 0 Å². The van der Waals surface area contributed by atoms with Gasteiger partial charge in [0.1, 0.15) is 0 Å². The lowest BCUT2D eigenvalue weighted by atomic mass is 10.2. The van der Waals surface area contributed by atoms with Crippen LogP contribution in [0.5, 0.6) is 0 Å². The van der Waals surface area contributed by atoms with Crippen LogP contribution in [-0.4, -0.2) is 5.51 Å². The molecule has 0 heterocycles. The predicted octanol–water partition coefficient (Wildman–Crippen LogP) is 4.06. The van der Waals surface area contributed by atoms with Crippen LogP contribution < -0.4 is 0 Å². The van der Waals surface area contributed by atoms with Gasteiger partial charge in [-0.25, -0.2) is 0 Å². The largest absolute Gasteiger partial charge is 0.446 e. The van der Waals surface area contributed by atoms with Crippen molar-refractivity contribution in [2.75, 3.05) is 0 Å². The highest BCUT2D eigenvalue weighted by Gasteiger charge is 2.30. The van der Waals surface area contributed by atoms with Crippen molar-refractivity contribution >= 4 is 23.4 Å². The van der Waals surface area contributed by atoms with Crippen molar-refractivity contribution in [2.24, 2.45) is 0 Å². The maximum atomic E-state index is 12.0. The second-order valence-electron chi connectivity index (χ2n) is 2.35. The topological polar surface area (TPSA) is 0 Å². The van der Waals surface area contributed by atoms with Gasteiger partial charge < -0.3 is 0 Å². The molecule has 5 heteroatoms. The molecule has 0 saturated carbocycles. The van der Waals surface area contributed by atoms with Crippen LogP contribution in [0, 0.1) is 13.0 Å². The summed E-state index contributed by atoms with van der Waals surface area (Å²) in [7, 11) is 0. The van der Waals surface area contributed by atoms with E-state index in [4.69, 9.17) is 11.6 Å². The van der Waals surface area contributed by atoms with Crippen molar-refractivity contribution in [3.8, 4) is 0 Å². The molecule has 0 aliphatic heterocycles. The summed E-state index contributed by atoms with van der Waals surface area (Å²) in [4.78, 5) is 0.0247. The van der Waals surface area contributed by atoms with Crippen molar-refractivity contribution in [2.45, 2.75) is 17.3 Å². The second kappa shape index (κ2) is 3.80. The zero-order chi connectivity index (χ0) is 10.1. The van der Waals surface area contributed by atoms with Crippen LogP contribution in [-0.2, 0) is 0 Å². The van der Waals surface area contributed by atoms with Gasteiger partial charge in [-0.2, -0.15) is 13.2 Å². The van der Waals surface area contributed by atoms with Crippen molar-refractivity contribution in [3.05, 3.63) is 28.8 Å². The van der Waals surface area contributed by atoms with Crippen molar-refractivity contribution in [1.82, 2.24) is 0 Å². The van der Waals surface area contributed by atoms with Crippen LogP contribution in [0.4, 0.5) is 13.2 Å². The number of thioether (sulfide) groups is 1. The third-order valence-corrected chi connectivity index (χ3v) is 2.69. The van der Waals surface area contributed by atoms with Crippen LogP contribution in [0.3, 0.4) is 0 Å². The Kier molecular flexibility index (Phi) is 3.14. The molecule has 0 aliphatic rings. The fourth-order valence-corrected chi connectivity index (χ4v) is 1.73. The molecule has 1 radical (unpaired) electrons. The Morgan fingerprint density at radius 3 is 2.54 bits per heavy atom. The predicted molar refractivity (Wildman–Crippen MR) is 46.9 cm³/mol. The molecular weight excluding hydrogens is 221 g/mol. The first-order valence-corrected chi connectivity index (χ1v) is 4.52. The molecule has 0 amide bonds. The monoisotopic (exact) mass is 225 g/mol. The standard InChI is InChI=1S/C8H5ClF3S/c1-5-3-2-4-6(9)7(5)13-8(10,11)12/h2-3H,1H3. The fraction of sp³-hybridized carbons (Fsp3) is 0.250. The van der Waals surface area contributed by atoms with Crippen molar-refractivity contribution in [3.63, 3.8) is 0 Å². The average Bonchev–Trinajstić information content (AvgIpc) is 1.95. The Hall–Kier alpha value is -0.350. The van der Waals surface area contributed by atoms with Crippen LogP contribution in [0.15, 0.2) is 17.0 Å². The third-order valence-electron chi connectivity index (χ3n) is 1.32. The van der Waals surface area contributed by atoms with Gasteiger partial charge in [-0.05, 0) is 24.2 Å². The Balaban J connectivity index is 3.00. The molecule has 0 fully saturated rings. The average molecular weight is 226 g/mol. The van der Waals surface area contributed by atoms with Crippen LogP contribution in [0.2, 0.25) is 5.02 Å². The van der Waals surface area contributed by atoms with E-state index in [1.165, 1.54) is 6.07 Å². The Morgan fingerprint density at radius 1 is 1.46 bits per heavy atom. The minimum atomic E-state index is -4.30. The summed E-state index contributed by atoms with van der Waals surface area (Å²) in [6.45, 7) is 1.58. The molecule has 0 aromatic heterocycles. The minimum absolute atomic E-state index is 0.0160. The van der Waals surface area contributed by atoms with E-state index in [1.54, 1.807) is 13.0 Å². The minimum Gasteiger partial charge on any atom is -0.160 e. The highest BCUT2D eigenvalue weighted by atomic mass is 35.5. The van der Waals surface area contributed by atoms with E-state index < -0.39 is 5.51 Å². The number of hydrogen-bond donors (Lipinski definition) is 0. The molecule has 13 heavy (non-hydrogen) atoms. The summed E-state index contributed by atoms with van der Waals surface area (Å²) in [5.41, 5.74) is -3.80. The van der Waals surface area contributed by atoms with E-state index in [1.807, 2.05) is 0 Å². The normalized spacial score (nSPS) is 11.8. The molecule has 0 N–H and O–H groups in total. The Labute approximate surface area is 83.1 Å². The second-order valence-corrected chi connectivity index (χ2v) is 3.80. The molecule has 1 aromatic rings. The van der Waals surface area contributed by atoms with Gasteiger partial charge in [-0.1, -0.05) is 23.7 Å². The van der Waals surface area contributed by atoms with E-state index in [9.17, 15) is 13.2 Å². The van der Waals surface area contributed by atoms with Gasteiger partial charge in [0.2, 0.25) is 0 Å². The van der Waals surface area contributed by atoms with Crippen molar-refractivity contribution in [1.29, 1.82) is 0 Å². The van der Waals surface area contributed by atoms with Crippen LogP contribution in [0.25, 0.3) is 0 Å². The molecule has 0 unspecified atom stereocenters. The van der Waals surface area contributed by atoms with Gasteiger partial charge >= 0.3 is 5.51 Å². The van der Waals surface area contributed by atoms with E-state index in [0.29, 0.717) is 5.56 Å². The smallest absolute Gasteiger partial charge is 0.160 e. The van der Waals surface area contributed by atoms with Crippen LogP contribution >= 0.6 is 23.4 Å². The molecule has 0 atom stereocenters. The van der Waals surface area contributed by atoms with Gasteiger partial charge in [0.05, 0.1) is 5.02 Å². The van der Waals surface area contributed by atoms with Gasteiger partial charge in [0, 0.05) is 11.0 Å². The quantitative estimate of drug-likeness (QED) is 0.650. The summed E-state index contributed by atoms with van der Waals surface area (Å²) in [6, 6.07) is 5.55. The summed E-state index contributed by atoms with van der Waals surface area (Å²) < 4.78 is 36.0. The molecular formula is C8H5ClF3S. The Morgan fingerprint density at radius 2 is 2.08 bits per heavy atom. The number of benzene rings is 1. The number of alkyl halides is 3. The lowest BCUT2D eigenvalue weighted by molar-refractivity contribution is -0.0328. The van der Waals surface area contributed by atoms with E-state index in [-0.39, 0.29) is 21.7 Å². The summed E-state index contributed by atoms with van der Waals surface area (Å²) in [6.07, 6.45) is 0. The number of aryl methyl sites for hydroxylation is 1. The zero-order valence-electron chi connectivity index (χ0n) is 6.57. The number of halogens is 4. The molecule has 0 aliphatic carbocycles. The lowest BCUT2D eigenvalue weighted by Gasteiger charge is -2.09. The van der Waals surface area contributed by atoms with E-state index in [0.717, 1.165) is 0 Å². The highest BCUT2D eigenvalue weighted by molar-refractivity contribution is 8.00. The first kappa shape index (κ1) is 10.7. The molecule has 0 nitrogen and oxygen atoms in total. The molecule has 0 saturated heterocycles. The van der Waals surface area contributed by atoms with Crippen molar-refractivity contribution < 1.29 is 13.2 Å². The Bertz CT molecular complexity index is 288. The first-order chi connectivity index (χ1) is 5.90. The summed E-state index contributed by atoms with van der Waals surface area (Å²) in [5, 5.41) is 0.0160. The summed E-state index contributed by atoms with van der Waals surface area (Å²) in [5.74, 6) is 0. The third kappa shape index (κ3) is 3.12. The van der Waals surface area contributed by atoms with Gasteiger partial charge in [-0.3, -0.25) is 0 Å². The molecule has 0 spiro atoms. The SMILES string of the molecule is Cc1cc[c]c(Cl)c1SC(F)(F)F. The van der Waals surface area contributed by atoms with Crippen LogP contribution in [0.1, 0.15) is 5.56 Å². The number of rotatable bonds is 1. The molecule has 1 aromatic carbocycles. The molecule has 0 bridgehead atoms. The zero-order valence-corrected chi connectivity index (χ0v) is 8.15. The van der Waals surface area contributed by atoms with Gasteiger partial charge in [-0.15, -0.1) is 0 Å². The fourth-order valence-electron chi connectivity index (χ4n) is 0.795. The van der Waals surface area contributed by atoms with E-state index >= 15 is 0 Å². The van der Waals surface area contributed by atoms with E-state index in [2.05, 4.69) is 6.07 Å². The van der Waals surface area contributed by atoms with Gasteiger partial charge in [0.25, 0.3) is 0 Å². The molecule has 1 rings (SSSR count). The maximum absolute atomic E-state index is 12.0. The highest BCUT2D eigenvalue weighted by Crippen LogP contribution is 2.41.